The molecule has 7 heteroatoms. The number of esters is 1. The van der Waals surface area contributed by atoms with Gasteiger partial charge >= 0.3 is 5.97 Å². The Morgan fingerprint density at radius 1 is 1.04 bits per heavy atom. The lowest BCUT2D eigenvalue weighted by Crippen LogP contribution is -2.23. The van der Waals surface area contributed by atoms with Crippen molar-refractivity contribution in [1.82, 2.24) is 4.57 Å². The quantitative estimate of drug-likeness (QED) is 0.690. The van der Waals surface area contributed by atoms with Crippen LogP contribution in [0.4, 0.5) is 10.1 Å². The molecule has 0 saturated heterocycles. The predicted molar refractivity (Wildman–Crippen MR) is 102 cm³/mol. The van der Waals surface area contributed by atoms with Crippen LogP contribution in [0.25, 0.3) is 0 Å². The summed E-state index contributed by atoms with van der Waals surface area (Å²) < 4.78 is 19.1. The maximum absolute atomic E-state index is 13.0. The van der Waals surface area contributed by atoms with Gasteiger partial charge in [0.2, 0.25) is 0 Å². The second-order valence-corrected chi connectivity index (χ2v) is 6.00. The largest absolute Gasteiger partial charge is 0.465 e. The predicted octanol–water partition coefficient (Wildman–Crippen LogP) is 3.07. The number of pyridine rings is 1. The molecule has 0 atom stereocenters. The van der Waals surface area contributed by atoms with Gasteiger partial charge in [-0.05, 0) is 35.9 Å². The zero-order chi connectivity index (χ0) is 20.1. The maximum atomic E-state index is 13.0. The fraction of sp³-hybridized carbons (Fsp3) is 0.0952. The first-order chi connectivity index (χ1) is 13.5. The molecule has 0 saturated carbocycles. The summed E-state index contributed by atoms with van der Waals surface area (Å²) in [5.41, 5.74) is 1.18. The molecule has 142 valence electrons. The van der Waals surface area contributed by atoms with Crippen LogP contribution in [0.2, 0.25) is 0 Å². The first kappa shape index (κ1) is 19.0. The summed E-state index contributed by atoms with van der Waals surface area (Å²) in [6, 6.07) is 14.9. The van der Waals surface area contributed by atoms with Gasteiger partial charge in [0.25, 0.3) is 11.5 Å². The van der Waals surface area contributed by atoms with Gasteiger partial charge < -0.3 is 14.6 Å². The van der Waals surface area contributed by atoms with Gasteiger partial charge in [0.15, 0.2) is 0 Å². The van der Waals surface area contributed by atoms with E-state index in [0.29, 0.717) is 5.69 Å². The van der Waals surface area contributed by atoms with E-state index in [9.17, 15) is 18.8 Å². The Morgan fingerprint density at radius 3 is 2.46 bits per heavy atom. The van der Waals surface area contributed by atoms with Crippen LogP contribution >= 0.6 is 0 Å². The molecule has 1 aromatic heterocycles. The van der Waals surface area contributed by atoms with Crippen LogP contribution in [-0.4, -0.2) is 23.6 Å². The molecule has 1 N–H and O–H groups in total. The molecule has 0 aliphatic carbocycles. The smallest absolute Gasteiger partial charge is 0.339 e. The molecule has 1 amide bonds. The van der Waals surface area contributed by atoms with Gasteiger partial charge in [-0.2, -0.15) is 0 Å². The van der Waals surface area contributed by atoms with E-state index in [4.69, 9.17) is 4.74 Å². The summed E-state index contributed by atoms with van der Waals surface area (Å²) >= 11 is 0. The molecule has 28 heavy (non-hydrogen) atoms. The van der Waals surface area contributed by atoms with E-state index in [-0.39, 0.29) is 29.0 Å². The van der Waals surface area contributed by atoms with Crippen LogP contribution in [0.15, 0.2) is 71.7 Å². The second-order valence-electron chi connectivity index (χ2n) is 6.00. The highest BCUT2D eigenvalue weighted by Gasteiger charge is 2.15. The minimum atomic E-state index is -0.572. The minimum Gasteiger partial charge on any atom is -0.465 e. The Balaban J connectivity index is 1.84. The third kappa shape index (κ3) is 4.32. The molecule has 6 nitrogen and oxygen atoms in total. The fourth-order valence-electron chi connectivity index (χ4n) is 2.65. The minimum absolute atomic E-state index is 0.193. The van der Waals surface area contributed by atoms with Gasteiger partial charge in [-0.15, -0.1) is 0 Å². The molecule has 0 bridgehead atoms. The number of carbonyl (C=O) groups excluding carboxylic acids is 2. The molecule has 3 rings (SSSR count). The van der Waals surface area contributed by atoms with Gasteiger partial charge in [0.1, 0.15) is 5.82 Å². The number of nitrogens with one attached hydrogen (secondary N) is 1. The summed E-state index contributed by atoms with van der Waals surface area (Å²) in [5.74, 6) is -1.42. The van der Waals surface area contributed by atoms with Gasteiger partial charge in [0, 0.05) is 12.3 Å². The molecule has 2 aromatic carbocycles. The molecular weight excluding hydrogens is 363 g/mol. The summed E-state index contributed by atoms with van der Waals surface area (Å²) in [5, 5.41) is 2.66. The van der Waals surface area contributed by atoms with E-state index in [1.807, 2.05) is 0 Å². The molecule has 1 heterocycles. The number of aromatic nitrogens is 1. The van der Waals surface area contributed by atoms with E-state index >= 15 is 0 Å². The maximum Gasteiger partial charge on any atom is 0.339 e. The first-order valence-corrected chi connectivity index (χ1v) is 8.41. The van der Waals surface area contributed by atoms with Crippen molar-refractivity contribution in [3.63, 3.8) is 0 Å². The van der Waals surface area contributed by atoms with Crippen molar-refractivity contribution in [3.8, 4) is 0 Å². The first-order valence-electron chi connectivity index (χ1n) is 8.41. The summed E-state index contributed by atoms with van der Waals surface area (Å²) in [6.07, 6.45) is 1.42. The van der Waals surface area contributed by atoms with Crippen LogP contribution in [0, 0.1) is 5.82 Å². The highest BCUT2D eigenvalue weighted by Crippen LogP contribution is 2.17. The van der Waals surface area contributed by atoms with Crippen LogP contribution in [0.5, 0.6) is 0 Å². The number of para-hydroxylation sites is 1. The summed E-state index contributed by atoms with van der Waals surface area (Å²) in [4.78, 5) is 36.5. The molecule has 0 aliphatic rings. The monoisotopic (exact) mass is 380 g/mol. The number of anilines is 1. The number of benzene rings is 2. The lowest BCUT2D eigenvalue weighted by atomic mass is 10.1. The lowest BCUT2D eigenvalue weighted by Gasteiger charge is -2.11. The van der Waals surface area contributed by atoms with Gasteiger partial charge in [-0.1, -0.05) is 24.3 Å². The number of methoxy groups -OCH3 is 1. The molecule has 3 aromatic rings. The average molecular weight is 380 g/mol. The van der Waals surface area contributed by atoms with Crippen molar-refractivity contribution >= 4 is 17.6 Å². The third-order valence-electron chi connectivity index (χ3n) is 4.09. The Kier molecular flexibility index (Phi) is 5.64. The fourth-order valence-corrected chi connectivity index (χ4v) is 2.65. The number of rotatable bonds is 5. The van der Waals surface area contributed by atoms with Crippen molar-refractivity contribution < 1.29 is 18.7 Å². The normalized spacial score (nSPS) is 10.4. The van der Waals surface area contributed by atoms with Crippen molar-refractivity contribution in [3.05, 3.63) is 99.7 Å². The molecule has 0 radical (unpaired) electrons. The Labute approximate surface area is 160 Å². The molecule has 0 fully saturated rings. The topological polar surface area (TPSA) is 77.4 Å². The number of ether oxygens (including phenoxy) is 1. The average Bonchev–Trinajstić information content (AvgIpc) is 2.71. The Bertz CT molecular complexity index is 1070. The molecular formula is C21H17FN2O4. The van der Waals surface area contributed by atoms with E-state index < -0.39 is 11.9 Å². The molecule has 0 aliphatic heterocycles. The van der Waals surface area contributed by atoms with Gasteiger partial charge in [-0.25, -0.2) is 9.18 Å². The zero-order valence-electron chi connectivity index (χ0n) is 15.0. The van der Waals surface area contributed by atoms with Crippen LogP contribution in [0.3, 0.4) is 0 Å². The summed E-state index contributed by atoms with van der Waals surface area (Å²) in [7, 11) is 1.26. The number of hydrogen-bond acceptors (Lipinski definition) is 4. The van der Waals surface area contributed by atoms with Crippen LogP contribution < -0.4 is 10.9 Å². The number of amides is 1. The van der Waals surface area contributed by atoms with E-state index in [1.165, 1.54) is 48.2 Å². The van der Waals surface area contributed by atoms with E-state index in [2.05, 4.69) is 5.32 Å². The van der Waals surface area contributed by atoms with E-state index in [0.717, 1.165) is 5.56 Å². The molecule has 0 unspecified atom stereocenters. The van der Waals surface area contributed by atoms with Gasteiger partial charge in [-0.3, -0.25) is 9.59 Å². The molecule has 0 spiro atoms. The van der Waals surface area contributed by atoms with Crippen LogP contribution in [0.1, 0.15) is 26.3 Å². The van der Waals surface area contributed by atoms with Gasteiger partial charge in [0.05, 0.1) is 30.5 Å². The number of nitrogens with zero attached hydrogens (tertiary/aromatic N) is 1. The zero-order valence-corrected chi connectivity index (χ0v) is 15.0. The van der Waals surface area contributed by atoms with Crippen molar-refractivity contribution in [2.45, 2.75) is 6.54 Å². The Hall–Kier alpha value is -3.74. The number of halogens is 1. The van der Waals surface area contributed by atoms with E-state index in [1.54, 1.807) is 30.3 Å². The second kappa shape index (κ2) is 8.30. The highest BCUT2D eigenvalue weighted by atomic mass is 19.1. The van der Waals surface area contributed by atoms with Crippen molar-refractivity contribution in [1.29, 1.82) is 0 Å². The highest BCUT2D eigenvalue weighted by molar-refractivity contribution is 6.07. The van der Waals surface area contributed by atoms with Crippen molar-refractivity contribution in [2.24, 2.45) is 0 Å². The number of hydrogen-bond donors (Lipinski definition) is 1. The summed E-state index contributed by atoms with van der Waals surface area (Å²) in [6.45, 7) is 0.193. The van der Waals surface area contributed by atoms with Crippen molar-refractivity contribution in [2.75, 3.05) is 12.4 Å². The third-order valence-corrected chi connectivity index (χ3v) is 4.09. The lowest BCUT2D eigenvalue weighted by molar-refractivity contribution is 0.0602. The standard InChI is InChI=1S/C21H17FN2O4/c1-28-21(27)17-4-2-3-5-18(17)23-20(26)15-8-11-19(25)24(13-15)12-14-6-9-16(22)10-7-14/h2-11,13H,12H2,1H3,(H,23,26). The SMILES string of the molecule is COC(=O)c1ccccc1NC(=O)c1ccc(=O)n(Cc2ccc(F)cc2)c1. The Morgan fingerprint density at radius 2 is 1.75 bits per heavy atom. The number of carbonyl (C=O) groups is 2. The van der Waals surface area contributed by atoms with Crippen LogP contribution in [-0.2, 0) is 11.3 Å².